The third-order valence-electron chi connectivity index (χ3n) is 8.41. The molecule has 1 aliphatic carbocycles. The van der Waals surface area contributed by atoms with E-state index in [2.05, 4.69) is 26.3 Å². The summed E-state index contributed by atoms with van der Waals surface area (Å²) >= 11 is 1.44. The van der Waals surface area contributed by atoms with Crippen molar-refractivity contribution in [2.24, 2.45) is 5.92 Å². The number of carbonyl (C=O) groups excluding carboxylic acids is 3. The fraction of sp³-hybridized carbons (Fsp3) is 0.471. The first-order valence-corrected chi connectivity index (χ1v) is 18.4. The van der Waals surface area contributed by atoms with Crippen LogP contribution in [0.3, 0.4) is 0 Å². The van der Waals surface area contributed by atoms with Gasteiger partial charge in [-0.25, -0.2) is 4.98 Å². The highest BCUT2D eigenvalue weighted by Crippen LogP contribution is 2.28. The smallest absolute Gasteiger partial charge is 0.303 e. The second-order valence-electron chi connectivity index (χ2n) is 12.9. The molecule has 14 heteroatoms. The van der Waals surface area contributed by atoms with Crippen molar-refractivity contribution < 1.29 is 22.8 Å². The minimum atomic E-state index is -3.94. The number of nitrogens with one attached hydrogen (secondary N) is 4. The number of hydrogen-bond donors (Lipinski definition) is 4. The first-order valence-electron chi connectivity index (χ1n) is 16.1. The van der Waals surface area contributed by atoms with Gasteiger partial charge in [0.1, 0.15) is 0 Å². The highest BCUT2D eigenvalue weighted by molar-refractivity contribution is 7.90. The van der Waals surface area contributed by atoms with E-state index in [1.54, 1.807) is 5.51 Å². The fourth-order valence-electron chi connectivity index (χ4n) is 5.15. The minimum Gasteiger partial charge on any atom is -0.354 e. The number of amides is 3. The Kier molecular flexibility index (Phi) is 12.4. The van der Waals surface area contributed by atoms with Gasteiger partial charge in [0.05, 0.1) is 28.5 Å². The van der Waals surface area contributed by atoms with E-state index in [1.807, 2.05) is 56.5 Å². The van der Waals surface area contributed by atoms with Gasteiger partial charge in [-0.3, -0.25) is 18.7 Å². The largest absolute Gasteiger partial charge is 0.354 e. The molecule has 3 amide bonds. The molecule has 0 spiro atoms. The lowest BCUT2D eigenvalue weighted by atomic mass is 9.93. The number of aromatic nitrogens is 1. The molecule has 0 bridgehead atoms. The van der Waals surface area contributed by atoms with Crippen LogP contribution < -0.4 is 25.6 Å². The van der Waals surface area contributed by atoms with E-state index in [0.717, 1.165) is 32.7 Å². The van der Waals surface area contributed by atoms with Crippen LogP contribution in [0.2, 0.25) is 0 Å². The van der Waals surface area contributed by atoms with Gasteiger partial charge < -0.3 is 21.3 Å². The van der Waals surface area contributed by atoms with E-state index in [-0.39, 0.29) is 29.3 Å². The van der Waals surface area contributed by atoms with Gasteiger partial charge in [0, 0.05) is 63.2 Å². The number of hydrogen-bond acceptors (Lipinski definition) is 8. The van der Waals surface area contributed by atoms with Crippen molar-refractivity contribution in [3.8, 4) is 0 Å². The average molecular weight is 698 g/mol. The van der Waals surface area contributed by atoms with Gasteiger partial charge in [-0.05, 0) is 62.8 Å². The summed E-state index contributed by atoms with van der Waals surface area (Å²) < 4.78 is 28.3. The van der Waals surface area contributed by atoms with Crippen LogP contribution in [-0.4, -0.2) is 81.7 Å². The maximum atomic E-state index is 13.9. The van der Waals surface area contributed by atoms with Gasteiger partial charge >= 0.3 is 10.2 Å². The van der Waals surface area contributed by atoms with Gasteiger partial charge in [0.2, 0.25) is 5.91 Å². The summed E-state index contributed by atoms with van der Waals surface area (Å²) in [5.74, 6) is -0.492. The van der Waals surface area contributed by atoms with E-state index in [9.17, 15) is 22.8 Å². The predicted octanol–water partition coefficient (Wildman–Crippen LogP) is 3.29. The summed E-state index contributed by atoms with van der Waals surface area (Å²) in [7, 11) is 0.247. The Balaban J connectivity index is 1.61. The second kappa shape index (κ2) is 16.0. The molecule has 48 heavy (non-hydrogen) atoms. The maximum absolute atomic E-state index is 13.9. The van der Waals surface area contributed by atoms with Gasteiger partial charge in [0.15, 0.2) is 0 Å². The molecule has 0 saturated heterocycles. The summed E-state index contributed by atoms with van der Waals surface area (Å²) in [5.41, 5.74) is 2.99. The quantitative estimate of drug-likeness (QED) is 0.169. The first kappa shape index (κ1) is 37.0. The number of anilines is 1. The molecule has 0 radical (unpaired) electrons. The van der Waals surface area contributed by atoms with Crippen molar-refractivity contribution in [2.75, 3.05) is 38.5 Å². The molecule has 1 aromatic heterocycles. The molecule has 260 valence electrons. The highest BCUT2D eigenvalue weighted by atomic mass is 32.2. The van der Waals surface area contributed by atoms with E-state index >= 15 is 0 Å². The van der Waals surface area contributed by atoms with Gasteiger partial charge in [-0.2, -0.15) is 12.7 Å². The van der Waals surface area contributed by atoms with Crippen molar-refractivity contribution in [1.29, 1.82) is 0 Å². The van der Waals surface area contributed by atoms with Gasteiger partial charge in [0.25, 0.3) is 11.8 Å². The molecule has 1 saturated carbocycles. The van der Waals surface area contributed by atoms with Crippen molar-refractivity contribution in [2.45, 2.75) is 64.1 Å². The van der Waals surface area contributed by atoms with Gasteiger partial charge in [-0.1, -0.05) is 37.3 Å². The Hall–Kier alpha value is -3.85. The van der Waals surface area contributed by atoms with Crippen LogP contribution in [0.25, 0.3) is 0 Å². The fourth-order valence-corrected chi connectivity index (χ4v) is 6.58. The summed E-state index contributed by atoms with van der Waals surface area (Å²) in [4.78, 5) is 44.8. The zero-order valence-electron chi connectivity index (χ0n) is 28.4. The number of benzene rings is 2. The minimum absolute atomic E-state index is 0.0740. The molecule has 4 N–H and O–H groups in total. The van der Waals surface area contributed by atoms with Crippen LogP contribution in [0.1, 0.15) is 72.0 Å². The highest BCUT2D eigenvalue weighted by Gasteiger charge is 2.28. The van der Waals surface area contributed by atoms with E-state index in [4.69, 9.17) is 0 Å². The number of nitrogens with zero attached hydrogens (tertiary/aromatic N) is 3. The summed E-state index contributed by atoms with van der Waals surface area (Å²) in [5, 5.41) is 14.3. The lowest BCUT2D eigenvalue weighted by molar-refractivity contribution is -0.123. The SMILES string of the molecule is CC[C@H](NC[C@H](Cc1cscn1)NC(=O)c1cc(C(=O)NC(C)(C)c2ccccc2)cc(N(C)S(=O)(=O)N(C)C)c1)C(=O)NCC1CC1. The molecule has 2 atom stereocenters. The molecule has 12 nitrogen and oxygen atoms in total. The van der Waals surface area contributed by atoms with Crippen molar-refractivity contribution in [3.05, 3.63) is 81.8 Å². The third kappa shape index (κ3) is 9.84. The number of carbonyl (C=O) groups is 3. The molecule has 1 fully saturated rings. The molecule has 0 aliphatic heterocycles. The molecule has 1 heterocycles. The van der Waals surface area contributed by atoms with Crippen LogP contribution >= 0.6 is 11.3 Å². The molecule has 1 aliphatic rings. The van der Waals surface area contributed by atoms with Crippen LogP contribution in [0.5, 0.6) is 0 Å². The van der Waals surface area contributed by atoms with Crippen LogP contribution in [-0.2, 0) is 27.0 Å². The van der Waals surface area contributed by atoms with Crippen molar-refractivity contribution >= 4 is 45.0 Å². The average Bonchev–Trinajstić information content (AvgIpc) is 3.76. The Labute approximate surface area is 287 Å². The van der Waals surface area contributed by atoms with Gasteiger partial charge in [-0.15, -0.1) is 11.3 Å². The monoisotopic (exact) mass is 697 g/mol. The summed E-state index contributed by atoms with van der Waals surface area (Å²) in [6.45, 7) is 6.62. The number of thiazole rings is 1. The van der Waals surface area contributed by atoms with Crippen LogP contribution in [0, 0.1) is 5.92 Å². The Morgan fingerprint density at radius 1 is 1.02 bits per heavy atom. The van der Waals surface area contributed by atoms with Crippen LogP contribution in [0.4, 0.5) is 5.69 Å². The lowest BCUT2D eigenvalue weighted by Gasteiger charge is -2.28. The zero-order valence-corrected chi connectivity index (χ0v) is 30.1. The predicted molar refractivity (Wildman–Crippen MR) is 189 cm³/mol. The van der Waals surface area contributed by atoms with Crippen molar-refractivity contribution in [3.63, 3.8) is 0 Å². The molecule has 4 rings (SSSR count). The number of rotatable bonds is 17. The molecular formula is C34H47N7O5S2. The Morgan fingerprint density at radius 3 is 2.27 bits per heavy atom. The second-order valence-corrected chi connectivity index (χ2v) is 15.8. The molecule has 3 aromatic rings. The normalized spacial score (nSPS) is 14.6. The Bertz CT molecular complexity index is 1660. The molecule has 2 aromatic carbocycles. The van der Waals surface area contributed by atoms with E-state index < -0.39 is 39.6 Å². The summed E-state index contributed by atoms with van der Waals surface area (Å²) in [6.07, 6.45) is 3.24. The lowest BCUT2D eigenvalue weighted by Crippen LogP contribution is -2.50. The topological polar surface area (TPSA) is 153 Å². The zero-order chi connectivity index (χ0) is 35.1. The van der Waals surface area contributed by atoms with E-state index in [0.29, 0.717) is 25.3 Å². The maximum Gasteiger partial charge on any atom is 0.303 e. The van der Waals surface area contributed by atoms with Crippen LogP contribution in [0.15, 0.2) is 59.4 Å². The molecule has 0 unspecified atom stereocenters. The first-order chi connectivity index (χ1) is 22.7. The molecular weight excluding hydrogens is 651 g/mol. The third-order valence-corrected chi connectivity index (χ3v) is 10.9. The standard InChI is InChI=1S/C34H47N7O5S2/c1-7-30(33(44)36-19-23-13-14-23)35-20-27(18-28-21-47-22-37-28)38-31(42)24-15-25(17-29(16-24)41(6)48(45,46)40(4)5)32(43)39-34(2,3)26-11-9-8-10-12-26/h8-12,15-17,21-23,27,30,35H,7,13-14,18-20H2,1-6H3,(H,36,44)(H,38,42)(H,39,43)/t27-,30-/m0/s1. The Morgan fingerprint density at radius 2 is 1.69 bits per heavy atom. The van der Waals surface area contributed by atoms with Crippen molar-refractivity contribution in [1.82, 2.24) is 30.6 Å². The summed E-state index contributed by atoms with van der Waals surface area (Å²) in [6, 6.07) is 12.9. The van der Waals surface area contributed by atoms with E-state index in [1.165, 1.54) is 50.7 Å².